The molecule has 4 rings (SSSR count). The van der Waals surface area contributed by atoms with E-state index in [0.717, 1.165) is 24.9 Å². The zero-order valence-electron chi connectivity index (χ0n) is 14.8. The van der Waals surface area contributed by atoms with Crippen LogP contribution in [0.15, 0.2) is 49.7 Å². The first-order chi connectivity index (χ1) is 13.1. The lowest BCUT2D eigenvalue weighted by Crippen LogP contribution is -2.22. The maximum atomic E-state index is 14.2. The number of aromatic hydroxyl groups is 1. The van der Waals surface area contributed by atoms with Crippen molar-refractivity contribution in [2.24, 2.45) is 5.92 Å². The van der Waals surface area contributed by atoms with Crippen molar-refractivity contribution in [2.75, 3.05) is 0 Å². The van der Waals surface area contributed by atoms with E-state index < -0.39 is 6.17 Å². The number of rotatable bonds is 4. The van der Waals surface area contributed by atoms with E-state index in [2.05, 4.69) is 26.7 Å². The lowest BCUT2D eigenvalue weighted by molar-refractivity contribution is 0.205. The van der Waals surface area contributed by atoms with Crippen LogP contribution >= 0.6 is 0 Å². The third-order valence-electron chi connectivity index (χ3n) is 5.04. The molecule has 0 saturated heterocycles. The van der Waals surface area contributed by atoms with Crippen LogP contribution in [0.3, 0.4) is 0 Å². The van der Waals surface area contributed by atoms with Gasteiger partial charge in [0.15, 0.2) is 5.82 Å². The lowest BCUT2D eigenvalue weighted by atomic mass is 9.82. The third-order valence-corrected chi connectivity index (χ3v) is 5.04. The summed E-state index contributed by atoms with van der Waals surface area (Å²) in [6.45, 7) is 4.02. The van der Waals surface area contributed by atoms with Crippen LogP contribution in [0.5, 0.6) is 5.75 Å². The Bertz CT molecular complexity index is 940. The first-order valence-corrected chi connectivity index (χ1v) is 8.98. The van der Waals surface area contributed by atoms with Gasteiger partial charge in [-0.3, -0.25) is 0 Å². The number of hydrogen-bond donors (Lipinski definition) is 1. The molecule has 0 aliphatic heterocycles. The van der Waals surface area contributed by atoms with Crippen molar-refractivity contribution in [3.05, 3.63) is 55.4 Å². The number of hydrogen-bond acceptors (Lipinski definition) is 5. The van der Waals surface area contributed by atoms with Gasteiger partial charge in [0.2, 0.25) is 0 Å². The van der Waals surface area contributed by atoms with Gasteiger partial charge in [-0.25, -0.2) is 14.4 Å². The molecular formula is C20H20FN5O. The summed E-state index contributed by atoms with van der Waals surface area (Å²) >= 11 is 0. The Balaban J connectivity index is 1.56. The van der Waals surface area contributed by atoms with E-state index in [1.807, 2.05) is 6.07 Å². The molecule has 0 bridgehead atoms. The monoisotopic (exact) mass is 365 g/mol. The Labute approximate surface area is 156 Å². The predicted octanol–water partition coefficient (Wildman–Crippen LogP) is 3.97. The number of phenols is 1. The molecule has 27 heavy (non-hydrogen) atoms. The summed E-state index contributed by atoms with van der Waals surface area (Å²) in [5.41, 5.74) is 2.40. The average molecular weight is 365 g/mol. The van der Waals surface area contributed by atoms with Gasteiger partial charge in [-0.05, 0) is 30.5 Å². The molecule has 1 saturated carbocycles. The Kier molecular flexibility index (Phi) is 4.66. The molecule has 1 fully saturated rings. The minimum Gasteiger partial charge on any atom is -0.507 e. The van der Waals surface area contributed by atoms with Gasteiger partial charge in [0.1, 0.15) is 17.6 Å². The molecule has 7 heteroatoms. The molecule has 1 aliphatic rings. The van der Waals surface area contributed by atoms with Gasteiger partial charge in [-0.15, -0.1) is 10.2 Å². The highest BCUT2D eigenvalue weighted by molar-refractivity contribution is 5.67. The maximum absolute atomic E-state index is 14.2. The fourth-order valence-corrected chi connectivity index (χ4v) is 3.50. The summed E-state index contributed by atoms with van der Waals surface area (Å²) in [5.74, 6) is 0.135. The molecule has 1 aromatic carbocycles. The Morgan fingerprint density at radius 1 is 1.22 bits per heavy atom. The highest BCUT2D eigenvalue weighted by Gasteiger charge is 2.28. The van der Waals surface area contributed by atoms with Gasteiger partial charge >= 0.3 is 0 Å². The van der Waals surface area contributed by atoms with Gasteiger partial charge in [-0.2, -0.15) is 0 Å². The zero-order chi connectivity index (χ0) is 18.8. The SMILES string of the molecule is C=C(c1cnc(-c2ccc(-n3ccnc3)cc2O)nn1)[C@@H]1CCCC[C@@H]1F. The van der Waals surface area contributed by atoms with Crippen LogP contribution in [0.4, 0.5) is 4.39 Å². The summed E-state index contributed by atoms with van der Waals surface area (Å²) in [5, 5.41) is 18.6. The van der Waals surface area contributed by atoms with Crippen LogP contribution < -0.4 is 0 Å². The van der Waals surface area contributed by atoms with Gasteiger partial charge in [0, 0.05) is 24.4 Å². The van der Waals surface area contributed by atoms with Gasteiger partial charge in [0.05, 0.1) is 23.8 Å². The minimum absolute atomic E-state index is 0.0469. The first kappa shape index (κ1) is 17.3. The molecule has 1 aliphatic carbocycles. The van der Waals surface area contributed by atoms with Crippen molar-refractivity contribution in [1.82, 2.24) is 24.7 Å². The van der Waals surface area contributed by atoms with E-state index in [-0.39, 0.29) is 11.7 Å². The molecule has 3 aromatic rings. The topological polar surface area (TPSA) is 76.7 Å². The number of aromatic nitrogens is 5. The lowest BCUT2D eigenvalue weighted by Gasteiger charge is -2.26. The maximum Gasteiger partial charge on any atom is 0.185 e. The van der Waals surface area contributed by atoms with Gasteiger partial charge < -0.3 is 9.67 Å². The molecule has 0 amide bonds. The van der Waals surface area contributed by atoms with E-state index in [1.165, 1.54) is 0 Å². The van der Waals surface area contributed by atoms with Crippen LogP contribution in [-0.2, 0) is 0 Å². The van der Waals surface area contributed by atoms with E-state index in [1.54, 1.807) is 41.6 Å². The molecule has 2 heterocycles. The second-order valence-corrected chi connectivity index (χ2v) is 6.77. The molecule has 1 N–H and O–H groups in total. The molecular weight excluding hydrogens is 345 g/mol. The number of phenolic OH excluding ortho intramolecular Hbond substituents is 1. The van der Waals surface area contributed by atoms with Crippen molar-refractivity contribution < 1.29 is 9.50 Å². The summed E-state index contributed by atoms with van der Waals surface area (Å²) in [4.78, 5) is 8.30. The molecule has 0 unspecified atom stereocenters. The average Bonchev–Trinajstić information content (AvgIpc) is 3.23. The first-order valence-electron chi connectivity index (χ1n) is 8.98. The molecule has 138 valence electrons. The van der Waals surface area contributed by atoms with E-state index in [0.29, 0.717) is 29.1 Å². The normalized spacial score (nSPS) is 19.7. The van der Waals surface area contributed by atoms with Crippen molar-refractivity contribution in [1.29, 1.82) is 0 Å². The fraction of sp³-hybridized carbons (Fsp3) is 0.300. The molecule has 2 aromatic heterocycles. The minimum atomic E-state index is -0.882. The number of halogens is 1. The second kappa shape index (κ2) is 7.26. The fourth-order valence-electron chi connectivity index (χ4n) is 3.50. The Morgan fingerprint density at radius 3 is 2.74 bits per heavy atom. The van der Waals surface area contributed by atoms with Crippen molar-refractivity contribution in [3.63, 3.8) is 0 Å². The zero-order valence-corrected chi connectivity index (χ0v) is 14.8. The highest BCUT2D eigenvalue weighted by Crippen LogP contribution is 2.36. The number of alkyl halides is 1. The van der Waals surface area contributed by atoms with E-state index in [9.17, 15) is 9.50 Å². The smallest absolute Gasteiger partial charge is 0.185 e. The van der Waals surface area contributed by atoms with Crippen LogP contribution in [-0.4, -0.2) is 36.0 Å². The largest absolute Gasteiger partial charge is 0.507 e. The van der Waals surface area contributed by atoms with Gasteiger partial charge in [0.25, 0.3) is 0 Å². The summed E-state index contributed by atoms with van der Waals surface area (Å²) in [6.07, 6.45) is 9.04. The van der Waals surface area contributed by atoms with Crippen molar-refractivity contribution >= 4 is 5.57 Å². The second-order valence-electron chi connectivity index (χ2n) is 6.77. The molecule has 0 spiro atoms. The molecule has 2 atom stereocenters. The summed E-state index contributed by atoms with van der Waals surface area (Å²) in [6, 6.07) is 5.18. The van der Waals surface area contributed by atoms with E-state index >= 15 is 0 Å². The number of imidazole rings is 1. The third kappa shape index (κ3) is 3.45. The molecule has 6 nitrogen and oxygen atoms in total. The number of benzene rings is 1. The van der Waals surface area contributed by atoms with Crippen molar-refractivity contribution in [2.45, 2.75) is 31.9 Å². The van der Waals surface area contributed by atoms with E-state index in [4.69, 9.17) is 0 Å². The Morgan fingerprint density at radius 2 is 2.07 bits per heavy atom. The van der Waals surface area contributed by atoms with Gasteiger partial charge in [-0.1, -0.05) is 19.4 Å². The van der Waals surface area contributed by atoms with Crippen LogP contribution in [0.25, 0.3) is 22.6 Å². The van der Waals surface area contributed by atoms with Crippen LogP contribution in [0.2, 0.25) is 0 Å². The number of nitrogens with zero attached hydrogens (tertiary/aromatic N) is 5. The standard InChI is InChI=1S/C20H20FN5O/c1-13(15-4-2-3-5-17(15)21)18-11-23-20(25-24-18)16-7-6-14(10-19(16)27)26-9-8-22-12-26/h6-12,15,17,27H,1-5H2/t15-,17-/m0/s1. The van der Waals surface area contributed by atoms with Crippen molar-refractivity contribution in [3.8, 4) is 22.8 Å². The summed E-state index contributed by atoms with van der Waals surface area (Å²) < 4.78 is 16.0. The highest BCUT2D eigenvalue weighted by atomic mass is 19.1. The summed E-state index contributed by atoms with van der Waals surface area (Å²) in [7, 11) is 0. The number of allylic oxidation sites excluding steroid dienone is 1. The van der Waals surface area contributed by atoms with Crippen LogP contribution in [0, 0.1) is 5.92 Å². The Hall–Kier alpha value is -3.09. The quantitative estimate of drug-likeness (QED) is 0.757. The molecule has 0 radical (unpaired) electrons. The predicted molar refractivity (Wildman–Crippen MR) is 99.9 cm³/mol. The van der Waals surface area contributed by atoms with Crippen LogP contribution in [0.1, 0.15) is 31.4 Å².